The standard InChI is InChI=1S/C22H25NO5S2/c24-21(14-28-22(25)20-12-17-8-4-5-9-19(17)29-20)23(13-16-6-2-1-3-7-16)18-10-11-30(26,27)15-18/h1-3,6-7,12,18H,4-5,8-11,13-15H2/t18-/m0/s1. The summed E-state index contributed by atoms with van der Waals surface area (Å²) in [5.74, 6) is -0.814. The fourth-order valence-corrected chi connectivity index (χ4v) is 6.97. The van der Waals surface area contributed by atoms with Gasteiger partial charge in [0.25, 0.3) is 5.91 Å². The lowest BCUT2D eigenvalue weighted by atomic mass is 9.99. The minimum atomic E-state index is -3.14. The maximum Gasteiger partial charge on any atom is 0.348 e. The van der Waals surface area contributed by atoms with Crippen molar-refractivity contribution in [2.45, 2.75) is 44.7 Å². The topological polar surface area (TPSA) is 80.8 Å². The zero-order valence-electron chi connectivity index (χ0n) is 16.7. The molecule has 0 spiro atoms. The summed E-state index contributed by atoms with van der Waals surface area (Å²) < 4.78 is 29.2. The number of esters is 1. The van der Waals surface area contributed by atoms with Crippen molar-refractivity contribution < 1.29 is 22.7 Å². The summed E-state index contributed by atoms with van der Waals surface area (Å²) in [4.78, 5) is 28.7. The number of carbonyl (C=O) groups is 2. The van der Waals surface area contributed by atoms with Crippen LogP contribution in [0.4, 0.5) is 0 Å². The van der Waals surface area contributed by atoms with Gasteiger partial charge in [0, 0.05) is 17.5 Å². The van der Waals surface area contributed by atoms with Gasteiger partial charge in [0.1, 0.15) is 4.88 Å². The molecule has 1 atom stereocenters. The van der Waals surface area contributed by atoms with Crippen LogP contribution in [-0.2, 0) is 38.8 Å². The Morgan fingerprint density at radius 2 is 1.90 bits per heavy atom. The molecule has 0 bridgehead atoms. The van der Waals surface area contributed by atoms with Gasteiger partial charge >= 0.3 is 5.97 Å². The highest BCUT2D eigenvalue weighted by Crippen LogP contribution is 2.30. The van der Waals surface area contributed by atoms with Crippen molar-refractivity contribution in [3.63, 3.8) is 0 Å². The molecule has 1 amide bonds. The van der Waals surface area contributed by atoms with Crippen molar-refractivity contribution in [3.8, 4) is 0 Å². The van der Waals surface area contributed by atoms with Crippen molar-refractivity contribution in [2.24, 2.45) is 0 Å². The number of aryl methyl sites for hydroxylation is 2. The maximum absolute atomic E-state index is 12.9. The van der Waals surface area contributed by atoms with E-state index in [0.29, 0.717) is 17.8 Å². The highest BCUT2D eigenvalue weighted by Gasteiger charge is 2.35. The van der Waals surface area contributed by atoms with Gasteiger partial charge in [0.15, 0.2) is 16.4 Å². The van der Waals surface area contributed by atoms with E-state index in [1.165, 1.54) is 21.8 Å². The highest BCUT2D eigenvalue weighted by molar-refractivity contribution is 7.91. The summed E-state index contributed by atoms with van der Waals surface area (Å²) in [5, 5.41) is 0. The van der Waals surface area contributed by atoms with Crippen LogP contribution < -0.4 is 0 Å². The number of hydrogen-bond acceptors (Lipinski definition) is 6. The predicted octanol–water partition coefficient (Wildman–Crippen LogP) is 3.00. The van der Waals surface area contributed by atoms with Gasteiger partial charge in [-0.3, -0.25) is 4.79 Å². The number of thiophene rings is 1. The first kappa shape index (κ1) is 21.1. The lowest BCUT2D eigenvalue weighted by Crippen LogP contribution is -2.42. The molecule has 1 aromatic heterocycles. The Morgan fingerprint density at radius 3 is 2.60 bits per heavy atom. The van der Waals surface area contributed by atoms with E-state index in [0.717, 1.165) is 31.2 Å². The number of ether oxygens (including phenoxy) is 1. The molecule has 2 aliphatic rings. The average molecular weight is 448 g/mol. The number of hydrogen-bond donors (Lipinski definition) is 0. The molecule has 160 valence electrons. The monoisotopic (exact) mass is 447 g/mol. The SMILES string of the molecule is O=C(OCC(=O)N(Cc1ccccc1)[C@H]1CCS(=O)(=O)C1)c1cc2c(s1)CCCC2. The fraction of sp³-hybridized carbons (Fsp3) is 0.455. The Kier molecular flexibility index (Phi) is 6.24. The minimum absolute atomic E-state index is 0.0445. The van der Waals surface area contributed by atoms with Crippen molar-refractivity contribution in [1.29, 1.82) is 0 Å². The van der Waals surface area contributed by atoms with Crippen LogP contribution in [0.5, 0.6) is 0 Å². The van der Waals surface area contributed by atoms with Gasteiger partial charge in [-0.05, 0) is 49.3 Å². The molecule has 2 aromatic rings. The minimum Gasteiger partial charge on any atom is -0.451 e. The van der Waals surface area contributed by atoms with Crippen LogP contribution in [0.25, 0.3) is 0 Å². The molecule has 8 heteroatoms. The van der Waals surface area contributed by atoms with E-state index in [1.807, 2.05) is 36.4 Å². The van der Waals surface area contributed by atoms with Crippen molar-refractivity contribution in [1.82, 2.24) is 4.90 Å². The molecule has 1 saturated heterocycles. The number of sulfone groups is 1. The quantitative estimate of drug-likeness (QED) is 0.636. The van der Waals surface area contributed by atoms with Crippen molar-refractivity contribution >= 4 is 33.1 Å². The van der Waals surface area contributed by atoms with Crippen LogP contribution >= 0.6 is 11.3 Å². The smallest absolute Gasteiger partial charge is 0.348 e. The molecular weight excluding hydrogens is 422 g/mol. The lowest BCUT2D eigenvalue weighted by molar-refractivity contribution is -0.137. The Hall–Kier alpha value is -2.19. The van der Waals surface area contributed by atoms with Crippen LogP contribution in [0.15, 0.2) is 36.4 Å². The van der Waals surface area contributed by atoms with Crippen LogP contribution in [0.2, 0.25) is 0 Å². The van der Waals surface area contributed by atoms with Gasteiger partial charge in [0.2, 0.25) is 0 Å². The Labute approximate surface area is 180 Å². The van der Waals surface area contributed by atoms with Crippen molar-refractivity contribution in [3.05, 3.63) is 57.3 Å². The van der Waals surface area contributed by atoms with Gasteiger partial charge < -0.3 is 9.64 Å². The molecule has 4 rings (SSSR count). The van der Waals surface area contributed by atoms with Crippen LogP contribution in [0.1, 0.15) is 44.9 Å². The molecule has 0 N–H and O–H groups in total. The third-order valence-corrected chi connectivity index (χ3v) is 8.66. The predicted molar refractivity (Wildman–Crippen MR) is 115 cm³/mol. The lowest BCUT2D eigenvalue weighted by Gasteiger charge is -2.28. The molecule has 6 nitrogen and oxygen atoms in total. The zero-order chi connectivity index (χ0) is 21.1. The van der Waals surface area contributed by atoms with Crippen LogP contribution in [-0.4, -0.2) is 49.3 Å². The molecule has 1 aliphatic heterocycles. The van der Waals surface area contributed by atoms with E-state index in [-0.39, 0.29) is 24.0 Å². The van der Waals surface area contributed by atoms with Crippen LogP contribution in [0, 0.1) is 0 Å². The number of fused-ring (bicyclic) bond motifs is 1. The summed E-state index contributed by atoms with van der Waals surface area (Å²) in [5.41, 5.74) is 2.12. The first-order valence-corrected chi connectivity index (χ1v) is 12.9. The second-order valence-electron chi connectivity index (χ2n) is 7.91. The summed E-state index contributed by atoms with van der Waals surface area (Å²) in [6.45, 7) is -0.0878. The third kappa shape index (κ3) is 4.92. The Morgan fingerprint density at radius 1 is 1.13 bits per heavy atom. The number of rotatable bonds is 6. The van der Waals surface area contributed by atoms with E-state index >= 15 is 0 Å². The zero-order valence-corrected chi connectivity index (χ0v) is 18.3. The molecule has 1 aliphatic carbocycles. The average Bonchev–Trinajstić information content (AvgIpc) is 3.33. The number of amides is 1. The van der Waals surface area contributed by atoms with E-state index in [4.69, 9.17) is 4.74 Å². The molecule has 2 heterocycles. The molecule has 1 aromatic carbocycles. The van der Waals surface area contributed by atoms with Gasteiger partial charge in [-0.25, -0.2) is 13.2 Å². The third-order valence-electron chi connectivity index (χ3n) is 5.69. The summed E-state index contributed by atoms with van der Waals surface area (Å²) in [7, 11) is -3.14. The second kappa shape index (κ2) is 8.89. The van der Waals surface area contributed by atoms with Gasteiger partial charge in [-0.2, -0.15) is 0 Å². The van der Waals surface area contributed by atoms with E-state index < -0.39 is 21.8 Å². The van der Waals surface area contributed by atoms with Gasteiger partial charge in [0.05, 0.1) is 11.5 Å². The summed E-state index contributed by atoms with van der Waals surface area (Å²) >= 11 is 1.45. The van der Waals surface area contributed by atoms with Gasteiger partial charge in [-0.1, -0.05) is 30.3 Å². The largest absolute Gasteiger partial charge is 0.451 e. The maximum atomic E-state index is 12.9. The van der Waals surface area contributed by atoms with E-state index in [9.17, 15) is 18.0 Å². The van der Waals surface area contributed by atoms with Crippen LogP contribution in [0.3, 0.4) is 0 Å². The molecule has 0 unspecified atom stereocenters. The second-order valence-corrected chi connectivity index (χ2v) is 11.3. The molecule has 0 saturated carbocycles. The summed E-state index contributed by atoms with van der Waals surface area (Å²) in [6.07, 6.45) is 4.66. The first-order chi connectivity index (χ1) is 14.4. The Balaban J connectivity index is 1.43. The molecular formula is C22H25NO5S2. The highest BCUT2D eigenvalue weighted by atomic mass is 32.2. The number of nitrogens with zero attached hydrogens (tertiary/aromatic N) is 1. The number of carbonyl (C=O) groups excluding carboxylic acids is 2. The van der Waals surface area contributed by atoms with E-state index in [1.54, 1.807) is 4.90 Å². The summed E-state index contributed by atoms with van der Waals surface area (Å²) in [6, 6.07) is 10.9. The van der Waals surface area contributed by atoms with E-state index in [2.05, 4.69) is 0 Å². The van der Waals surface area contributed by atoms with Crippen molar-refractivity contribution in [2.75, 3.05) is 18.1 Å². The number of benzene rings is 1. The van der Waals surface area contributed by atoms with Gasteiger partial charge in [-0.15, -0.1) is 11.3 Å². The molecule has 30 heavy (non-hydrogen) atoms. The molecule has 1 fully saturated rings. The fourth-order valence-electron chi connectivity index (χ4n) is 4.09. The Bertz CT molecular complexity index is 1010. The normalized spacial score (nSPS) is 19.8. The molecule has 0 radical (unpaired) electrons. The first-order valence-electron chi connectivity index (χ1n) is 10.2.